The van der Waals surface area contributed by atoms with Gasteiger partial charge in [-0.1, -0.05) is 78.8 Å². The normalized spacial score (nSPS) is 16.6. The lowest BCUT2D eigenvalue weighted by Crippen LogP contribution is -2.32. The van der Waals surface area contributed by atoms with Crippen molar-refractivity contribution in [3.8, 4) is 11.5 Å². The van der Waals surface area contributed by atoms with E-state index in [4.69, 9.17) is 24.3 Å². The van der Waals surface area contributed by atoms with Crippen molar-refractivity contribution in [1.29, 1.82) is 0 Å². The van der Waals surface area contributed by atoms with Crippen LogP contribution in [0.1, 0.15) is 74.2 Å². The van der Waals surface area contributed by atoms with Crippen molar-refractivity contribution in [2.75, 3.05) is 11.9 Å². The van der Waals surface area contributed by atoms with Gasteiger partial charge in [-0.3, -0.25) is 0 Å². The van der Waals surface area contributed by atoms with Crippen LogP contribution in [0.2, 0.25) is 0 Å². The second kappa shape index (κ2) is 14.2. The molecule has 45 heavy (non-hydrogen) atoms. The minimum Gasteiger partial charge on any atom is -0.490 e. The van der Waals surface area contributed by atoms with E-state index in [-0.39, 0.29) is 12.1 Å². The maximum atomic E-state index is 13.9. The van der Waals surface area contributed by atoms with Crippen LogP contribution in [0.5, 0.6) is 11.5 Å². The number of anilines is 1. The lowest BCUT2D eigenvalue weighted by molar-refractivity contribution is -0.146. The zero-order chi connectivity index (χ0) is 31.2. The van der Waals surface area contributed by atoms with Crippen LogP contribution in [0.3, 0.4) is 0 Å². The van der Waals surface area contributed by atoms with Gasteiger partial charge in [-0.15, -0.1) is 5.10 Å². The molecule has 2 heterocycles. The van der Waals surface area contributed by atoms with E-state index in [1.54, 1.807) is 16.4 Å². The Morgan fingerprint density at radius 2 is 1.73 bits per heavy atom. The number of fused-ring (bicyclic) bond motifs is 1. The van der Waals surface area contributed by atoms with Gasteiger partial charge in [0, 0.05) is 11.4 Å². The highest BCUT2D eigenvalue weighted by molar-refractivity contribution is 7.98. The van der Waals surface area contributed by atoms with Gasteiger partial charge in [0.25, 0.3) is 0 Å². The van der Waals surface area contributed by atoms with Gasteiger partial charge in [0.15, 0.2) is 11.5 Å². The molecule has 8 nitrogen and oxygen atoms in total. The summed E-state index contributed by atoms with van der Waals surface area (Å²) in [5.41, 5.74) is 5.54. The van der Waals surface area contributed by atoms with Crippen LogP contribution in [-0.2, 0) is 21.9 Å². The first kappa shape index (κ1) is 30.8. The van der Waals surface area contributed by atoms with Gasteiger partial charge in [-0.2, -0.15) is 4.98 Å². The van der Waals surface area contributed by atoms with Crippen LogP contribution in [0.15, 0.2) is 89.2 Å². The number of allylic oxidation sites excluding steroid dienone is 1. The van der Waals surface area contributed by atoms with Crippen LogP contribution in [0, 0.1) is 6.92 Å². The number of ether oxygens (including phenoxy) is 3. The van der Waals surface area contributed by atoms with Crippen LogP contribution in [0.4, 0.5) is 5.95 Å². The van der Waals surface area contributed by atoms with Crippen molar-refractivity contribution in [3.63, 3.8) is 0 Å². The number of carbonyl (C=O) groups is 1. The number of hydrogen-bond acceptors (Lipinski definition) is 8. The summed E-state index contributed by atoms with van der Waals surface area (Å²) in [6, 6.07) is 23.7. The summed E-state index contributed by atoms with van der Waals surface area (Å²) in [6.45, 7) is 6.82. The number of aromatic nitrogens is 3. The number of nitrogens with one attached hydrogen (secondary N) is 1. The van der Waals surface area contributed by atoms with Crippen molar-refractivity contribution >= 4 is 23.7 Å². The molecule has 0 saturated heterocycles. The van der Waals surface area contributed by atoms with Crippen LogP contribution >= 0.6 is 11.8 Å². The highest BCUT2D eigenvalue weighted by Crippen LogP contribution is 2.41. The third-order valence-corrected chi connectivity index (χ3v) is 9.23. The summed E-state index contributed by atoms with van der Waals surface area (Å²) in [7, 11) is 0. The molecule has 1 saturated carbocycles. The molecular weight excluding hydrogens is 584 g/mol. The van der Waals surface area contributed by atoms with Crippen molar-refractivity contribution in [2.24, 2.45) is 0 Å². The number of aryl methyl sites for hydroxylation is 1. The molecule has 2 aliphatic rings. The second-order valence-electron chi connectivity index (χ2n) is 11.5. The highest BCUT2D eigenvalue weighted by atomic mass is 32.2. The molecule has 1 aliphatic heterocycles. The van der Waals surface area contributed by atoms with E-state index in [1.165, 1.54) is 17.5 Å². The summed E-state index contributed by atoms with van der Waals surface area (Å²) in [5.74, 6) is 2.25. The topological polar surface area (TPSA) is 87.5 Å². The molecule has 0 bridgehead atoms. The molecule has 9 heteroatoms. The molecule has 0 spiro atoms. The van der Waals surface area contributed by atoms with E-state index in [0.29, 0.717) is 47.1 Å². The minimum atomic E-state index is -0.555. The molecule has 1 atom stereocenters. The quantitative estimate of drug-likeness (QED) is 0.133. The Hall–Kier alpha value is -4.24. The molecule has 1 aromatic heterocycles. The summed E-state index contributed by atoms with van der Waals surface area (Å²) in [4.78, 5) is 18.7. The molecule has 4 aromatic rings. The highest BCUT2D eigenvalue weighted by Gasteiger charge is 2.37. The number of benzene rings is 3. The number of thioether (sulfide) groups is 1. The monoisotopic (exact) mass is 624 g/mol. The molecule has 1 fully saturated rings. The van der Waals surface area contributed by atoms with Crippen LogP contribution < -0.4 is 14.8 Å². The molecule has 1 aliphatic carbocycles. The van der Waals surface area contributed by atoms with Gasteiger partial charge in [0.1, 0.15) is 18.8 Å². The number of rotatable bonds is 11. The van der Waals surface area contributed by atoms with E-state index >= 15 is 0 Å². The number of hydrogen-bond donors (Lipinski definition) is 1. The Morgan fingerprint density at radius 1 is 0.956 bits per heavy atom. The first-order valence-electron chi connectivity index (χ1n) is 15.8. The molecular formula is C36H40N4O4S. The SMILES string of the molecule is CCOc1cc(C2C(C(=O)OC3CCCCC3)=C(C)Nc3nc(SCc4ccccc4)nn32)ccc1OCc1ccccc1C. The Kier molecular flexibility index (Phi) is 9.74. The van der Waals surface area contributed by atoms with Crippen LogP contribution in [0.25, 0.3) is 0 Å². The number of nitrogens with zero attached hydrogens (tertiary/aromatic N) is 3. The van der Waals surface area contributed by atoms with Gasteiger partial charge >= 0.3 is 5.97 Å². The predicted octanol–water partition coefficient (Wildman–Crippen LogP) is 8.02. The summed E-state index contributed by atoms with van der Waals surface area (Å²) >= 11 is 1.56. The fourth-order valence-electron chi connectivity index (χ4n) is 5.89. The lowest BCUT2D eigenvalue weighted by Gasteiger charge is -2.30. The third-order valence-electron chi connectivity index (χ3n) is 8.32. The lowest BCUT2D eigenvalue weighted by atomic mass is 9.94. The first-order chi connectivity index (χ1) is 22.0. The van der Waals surface area contributed by atoms with E-state index in [0.717, 1.165) is 42.6 Å². The van der Waals surface area contributed by atoms with Crippen molar-refractivity contribution in [1.82, 2.24) is 14.8 Å². The Labute approximate surface area is 269 Å². The first-order valence-corrected chi connectivity index (χ1v) is 16.7. The fourth-order valence-corrected chi connectivity index (χ4v) is 6.68. The molecule has 1 N–H and O–H groups in total. The van der Waals surface area contributed by atoms with Gasteiger partial charge in [0.2, 0.25) is 11.1 Å². The van der Waals surface area contributed by atoms with Crippen LogP contribution in [-0.4, -0.2) is 33.4 Å². The molecule has 1 unspecified atom stereocenters. The fraction of sp³-hybridized carbons (Fsp3) is 0.361. The second-order valence-corrected chi connectivity index (χ2v) is 12.5. The standard InChI is InChI=1S/C36H40N4O4S/c1-4-42-31-21-27(19-20-30(31)43-22-28-16-12-11-13-24(28)2)33-32(34(41)44-29-17-9-6-10-18-29)25(3)37-35-38-36(39-40(33)35)45-23-26-14-7-5-8-15-26/h5,7-8,11-16,19-21,29,33H,4,6,9-10,17-18,22-23H2,1-3H3,(H,37,38,39). The van der Waals surface area contributed by atoms with E-state index < -0.39 is 6.04 Å². The summed E-state index contributed by atoms with van der Waals surface area (Å²) < 4.78 is 20.3. The van der Waals surface area contributed by atoms with Gasteiger partial charge < -0.3 is 19.5 Å². The zero-order valence-electron chi connectivity index (χ0n) is 26.1. The van der Waals surface area contributed by atoms with Gasteiger partial charge in [-0.25, -0.2) is 9.48 Å². The van der Waals surface area contributed by atoms with E-state index in [1.807, 2.05) is 62.4 Å². The molecule has 0 radical (unpaired) electrons. The molecule has 0 amide bonds. The Balaban J connectivity index is 1.33. The number of carbonyl (C=O) groups excluding carboxylic acids is 1. The van der Waals surface area contributed by atoms with E-state index in [9.17, 15) is 4.79 Å². The maximum absolute atomic E-state index is 13.9. The molecule has 6 rings (SSSR count). The minimum absolute atomic E-state index is 0.0717. The Bertz CT molecular complexity index is 1660. The predicted molar refractivity (Wildman–Crippen MR) is 177 cm³/mol. The summed E-state index contributed by atoms with van der Waals surface area (Å²) in [6.07, 6.45) is 5.06. The molecule has 234 valence electrons. The zero-order valence-corrected chi connectivity index (χ0v) is 26.9. The average molecular weight is 625 g/mol. The summed E-state index contributed by atoms with van der Waals surface area (Å²) in [5, 5.41) is 8.88. The maximum Gasteiger partial charge on any atom is 0.338 e. The number of esters is 1. The largest absolute Gasteiger partial charge is 0.490 e. The van der Waals surface area contributed by atoms with Gasteiger partial charge in [-0.05, 0) is 80.8 Å². The van der Waals surface area contributed by atoms with Crippen molar-refractivity contribution in [2.45, 2.75) is 82.5 Å². The van der Waals surface area contributed by atoms with E-state index in [2.05, 4.69) is 36.5 Å². The Morgan fingerprint density at radius 3 is 2.51 bits per heavy atom. The smallest absolute Gasteiger partial charge is 0.338 e. The van der Waals surface area contributed by atoms with Crippen molar-refractivity contribution < 1.29 is 19.0 Å². The average Bonchev–Trinajstić information content (AvgIpc) is 3.46. The van der Waals surface area contributed by atoms with Gasteiger partial charge in [0.05, 0.1) is 12.2 Å². The van der Waals surface area contributed by atoms with Crippen molar-refractivity contribution in [3.05, 3.63) is 106 Å². The third kappa shape index (κ3) is 7.20. The molecule has 3 aromatic carbocycles.